The molecule has 2 saturated heterocycles. The lowest BCUT2D eigenvalue weighted by Crippen LogP contribution is -2.49. The Morgan fingerprint density at radius 2 is 1.48 bits per heavy atom. The molecule has 5 nitrogen and oxygen atoms in total. The molecule has 2 fully saturated rings. The maximum Gasteiger partial charge on any atom is 0.223 e. The summed E-state index contributed by atoms with van der Waals surface area (Å²) < 4.78 is 0. The predicted octanol–water partition coefficient (Wildman–Crippen LogP) is 1.47. The summed E-state index contributed by atoms with van der Waals surface area (Å²) >= 11 is 0. The van der Waals surface area contributed by atoms with E-state index in [4.69, 9.17) is 0 Å². The Kier molecular flexibility index (Phi) is 10.4. The molecular weight excluding hydrogens is 359 g/mol. The standard InChI is InChI=1S/C18H28N4O.2ClH/c23-18(22-10-7-19-8-11-22)6-9-20-12-14-21(15-13-20)16-17-4-2-1-3-5-17;;/h1-5,19H,6-16H2;2*1H. The third-order valence-corrected chi connectivity index (χ3v) is 4.83. The molecule has 2 aliphatic rings. The van der Waals surface area contributed by atoms with Crippen LogP contribution in [0.25, 0.3) is 0 Å². The van der Waals surface area contributed by atoms with Crippen LogP contribution in [0.1, 0.15) is 12.0 Å². The molecule has 142 valence electrons. The fraction of sp³-hybridized carbons (Fsp3) is 0.611. The van der Waals surface area contributed by atoms with E-state index in [2.05, 4.69) is 45.4 Å². The molecule has 25 heavy (non-hydrogen) atoms. The summed E-state index contributed by atoms with van der Waals surface area (Å²) in [5.74, 6) is 0.318. The van der Waals surface area contributed by atoms with E-state index in [0.29, 0.717) is 12.3 Å². The first-order valence-electron chi connectivity index (χ1n) is 8.78. The van der Waals surface area contributed by atoms with Crippen LogP contribution in [0.15, 0.2) is 30.3 Å². The van der Waals surface area contributed by atoms with Crippen LogP contribution in [0, 0.1) is 0 Å². The van der Waals surface area contributed by atoms with Gasteiger partial charge in [-0.05, 0) is 5.56 Å². The van der Waals surface area contributed by atoms with Crippen LogP contribution in [0.4, 0.5) is 0 Å². The molecule has 2 aliphatic heterocycles. The Hall–Kier alpha value is -0.850. The third kappa shape index (κ3) is 7.12. The SMILES string of the molecule is Cl.Cl.O=C(CCN1CCN(Cc2ccccc2)CC1)N1CCNCC1. The first-order chi connectivity index (χ1) is 11.3. The molecule has 7 heteroatoms. The van der Waals surface area contributed by atoms with Crippen molar-refractivity contribution in [3.63, 3.8) is 0 Å². The van der Waals surface area contributed by atoms with Gasteiger partial charge < -0.3 is 15.1 Å². The fourth-order valence-electron chi connectivity index (χ4n) is 3.34. The molecule has 0 unspecified atom stereocenters. The van der Waals surface area contributed by atoms with E-state index in [1.165, 1.54) is 5.56 Å². The number of hydrogen-bond acceptors (Lipinski definition) is 4. The Morgan fingerprint density at radius 3 is 2.12 bits per heavy atom. The minimum Gasteiger partial charge on any atom is -0.340 e. The Labute approximate surface area is 163 Å². The Balaban J connectivity index is 0.00000156. The Morgan fingerprint density at radius 1 is 0.880 bits per heavy atom. The van der Waals surface area contributed by atoms with Gasteiger partial charge in [-0.1, -0.05) is 30.3 Å². The molecule has 3 rings (SSSR count). The smallest absolute Gasteiger partial charge is 0.223 e. The van der Waals surface area contributed by atoms with Crippen LogP contribution in [0.5, 0.6) is 0 Å². The van der Waals surface area contributed by atoms with Gasteiger partial charge in [0.05, 0.1) is 0 Å². The number of carbonyl (C=O) groups excluding carboxylic acids is 1. The van der Waals surface area contributed by atoms with Crippen molar-refractivity contribution in [2.45, 2.75) is 13.0 Å². The molecule has 0 radical (unpaired) electrons. The van der Waals surface area contributed by atoms with Crippen LogP contribution >= 0.6 is 24.8 Å². The lowest BCUT2D eigenvalue weighted by molar-refractivity contribution is -0.132. The van der Waals surface area contributed by atoms with Crippen LogP contribution < -0.4 is 5.32 Å². The van der Waals surface area contributed by atoms with E-state index in [-0.39, 0.29) is 24.8 Å². The van der Waals surface area contributed by atoms with Gasteiger partial charge in [0.25, 0.3) is 0 Å². The topological polar surface area (TPSA) is 38.8 Å². The molecule has 0 spiro atoms. The molecule has 1 N–H and O–H groups in total. The van der Waals surface area contributed by atoms with Crippen molar-refractivity contribution in [3.05, 3.63) is 35.9 Å². The van der Waals surface area contributed by atoms with Crippen molar-refractivity contribution in [3.8, 4) is 0 Å². The predicted molar refractivity (Wildman–Crippen MR) is 107 cm³/mol. The number of nitrogens with one attached hydrogen (secondary N) is 1. The van der Waals surface area contributed by atoms with Crippen LogP contribution in [0.2, 0.25) is 0 Å². The van der Waals surface area contributed by atoms with E-state index < -0.39 is 0 Å². The number of nitrogens with zero attached hydrogens (tertiary/aromatic N) is 3. The molecule has 1 aromatic rings. The Bertz CT molecular complexity index is 489. The zero-order chi connectivity index (χ0) is 15.9. The van der Waals surface area contributed by atoms with Gasteiger partial charge in [-0.3, -0.25) is 9.69 Å². The summed E-state index contributed by atoms with van der Waals surface area (Å²) in [6.07, 6.45) is 0.665. The van der Waals surface area contributed by atoms with Crippen molar-refractivity contribution in [1.29, 1.82) is 0 Å². The van der Waals surface area contributed by atoms with Gasteiger partial charge in [0.1, 0.15) is 0 Å². The molecule has 0 atom stereocenters. The van der Waals surface area contributed by atoms with Gasteiger partial charge in [-0.2, -0.15) is 0 Å². The largest absolute Gasteiger partial charge is 0.340 e. The van der Waals surface area contributed by atoms with Crippen molar-refractivity contribution in [1.82, 2.24) is 20.0 Å². The second-order valence-electron chi connectivity index (χ2n) is 6.48. The number of carbonyl (C=O) groups is 1. The third-order valence-electron chi connectivity index (χ3n) is 4.83. The van der Waals surface area contributed by atoms with E-state index in [1.807, 2.05) is 4.90 Å². The van der Waals surface area contributed by atoms with Gasteiger partial charge in [0, 0.05) is 71.9 Å². The number of amides is 1. The highest BCUT2D eigenvalue weighted by atomic mass is 35.5. The van der Waals surface area contributed by atoms with Crippen molar-refractivity contribution in [2.24, 2.45) is 0 Å². The number of hydrogen-bond donors (Lipinski definition) is 1. The lowest BCUT2D eigenvalue weighted by atomic mass is 10.2. The van der Waals surface area contributed by atoms with E-state index in [0.717, 1.165) is 65.4 Å². The second-order valence-corrected chi connectivity index (χ2v) is 6.48. The highest BCUT2D eigenvalue weighted by Crippen LogP contribution is 2.09. The highest BCUT2D eigenvalue weighted by Gasteiger charge is 2.20. The second kappa shape index (κ2) is 11.7. The fourth-order valence-corrected chi connectivity index (χ4v) is 3.34. The van der Waals surface area contributed by atoms with Crippen molar-refractivity contribution in [2.75, 3.05) is 58.9 Å². The number of piperazine rings is 2. The average molecular weight is 389 g/mol. The molecular formula is C18H30Cl2N4O. The summed E-state index contributed by atoms with van der Waals surface area (Å²) in [7, 11) is 0. The lowest BCUT2D eigenvalue weighted by Gasteiger charge is -2.35. The average Bonchev–Trinajstić information content (AvgIpc) is 2.62. The van der Waals surface area contributed by atoms with Gasteiger partial charge in [0.2, 0.25) is 5.91 Å². The minimum atomic E-state index is 0. The summed E-state index contributed by atoms with van der Waals surface area (Å²) in [6, 6.07) is 10.7. The van der Waals surface area contributed by atoms with Crippen LogP contribution in [0.3, 0.4) is 0 Å². The quantitative estimate of drug-likeness (QED) is 0.828. The molecule has 1 aromatic carbocycles. The molecule has 2 heterocycles. The van der Waals surface area contributed by atoms with E-state index >= 15 is 0 Å². The maximum atomic E-state index is 12.2. The summed E-state index contributed by atoms with van der Waals surface area (Å²) in [5.41, 5.74) is 1.38. The molecule has 1 amide bonds. The zero-order valence-electron chi connectivity index (χ0n) is 14.7. The van der Waals surface area contributed by atoms with Gasteiger partial charge in [0.15, 0.2) is 0 Å². The van der Waals surface area contributed by atoms with Gasteiger partial charge in [-0.25, -0.2) is 0 Å². The first kappa shape index (κ1) is 22.2. The van der Waals surface area contributed by atoms with E-state index in [1.54, 1.807) is 0 Å². The van der Waals surface area contributed by atoms with Gasteiger partial charge >= 0.3 is 0 Å². The highest BCUT2D eigenvalue weighted by molar-refractivity contribution is 5.85. The normalized spacial score (nSPS) is 19.0. The number of benzene rings is 1. The monoisotopic (exact) mass is 388 g/mol. The summed E-state index contributed by atoms with van der Waals surface area (Å²) in [6.45, 7) is 9.87. The van der Waals surface area contributed by atoms with E-state index in [9.17, 15) is 4.79 Å². The minimum absolute atomic E-state index is 0. The van der Waals surface area contributed by atoms with Crippen LogP contribution in [-0.4, -0.2) is 79.5 Å². The number of halogens is 2. The molecule has 0 aliphatic carbocycles. The number of rotatable bonds is 5. The summed E-state index contributed by atoms with van der Waals surface area (Å²) in [4.78, 5) is 19.1. The molecule has 0 saturated carbocycles. The van der Waals surface area contributed by atoms with Gasteiger partial charge in [-0.15, -0.1) is 24.8 Å². The summed E-state index contributed by atoms with van der Waals surface area (Å²) in [5, 5.41) is 3.29. The molecule has 0 aromatic heterocycles. The van der Waals surface area contributed by atoms with Crippen molar-refractivity contribution >= 4 is 30.7 Å². The maximum absolute atomic E-state index is 12.2. The van der Waals surface area contributed by atoms with Crippen molar-refractivity contribution < 1.29 is 4.79 Å². The zero-order valence-corrected chi connectivity index (χ0v) is 16.4. The molecule has 0 bridgehead atoms. The van der Waals surface area contributed by atoms with Crippen LogP contribution in [-0.2, 0) is 11.3 Å². The first-order valence-corrected chi connectivity index (χ1v) is 8.78.